The van der Waals surface area contributed by atoms with E-state index in [4.69, 9.17) is 4.74 Å². The fourth-order valence-electron chi connectivity index (χ4n) is 3.29. The molecule has 1 N–H and O–H groups in total. The first kappa shape index (κ1) is 14.5. The Kier molecular flexibility index (Phi) is 4.11. The zero-order valence-electron chi connectivity index (χ0n) is 13.2. The molecule has 1 aromatic heterocycles. The molecular formula is C18H22N4O. The van der Waals surface area contributed by atoms with Gasteiger partial charge in [-0.3, -0.25) is 10.1 Å². The van der Waals surface area contributed by atoms with Crippen LogP contribution in [0.2, 0.25) is 0 Å². The van der Waals surface area contributed by atoms with E-state index in [1.807, 2.05) is 12.4 Å². The van der Waals surface area contributed by atoms with Gasteiger partial charge in [0.25, 0.3) is 0 Å². The van der Waals surface area contributed by atoms with E-state index in [0.29, 0.717) is 0 Å². The van der Waals surface area contributed by atoms with E-state index in [9.17, 15) is 0 Å². The normalized spacial score (nSPS) is 19.3. The van der Waals surface area contributed by atoms with Gasteiger partial charge >= 0.3 is 0 Å². The van der Waals surface area contributed by atoms with Crippen molar-refractivity contribution in [2.75, 3.05) is 26.3 Å². The molecule has 0 spiro atoms. The van der Waals surface area contributed by atoms with Gasteiger partial charge in [0.05, 0.1) is 24.0 Å². The van der Waals surface area contributed by atoms with Crippen molar-refractivity contribution in [1.29, 1.82) is 0 Å². The Morgan fingerprint density at radius 2 is 2.17 bits per heavy atom. The number of aliphatic imine (C=N–C) groups is 1. The van der Waals surface area contributed by atoms with Crippen molar-refractivity contribution in [2.45, 2.75) is 19.3 Å². The van der Waals surface area contributed by atoms with E-state index < -0.39 is 0 Å². The summed E-state index contributed by atoms with van der Waals surface area (Å²) in [5, 5.41) is 8.23. The molecule has 0 atom stereocenters. The average Bonchev–Trinajstić information content (AvgIpc) is 3.09. The predicted molar refractivity (Wildman–Crippen MR) is 92.3 cm³/mol. The molecule has 120 valence electrons. The van der Waals surface area contributed by atoms with Gasteiger partial charge in [-0.25, -0.2) is 0 Å². The van der Waals surface area contributed by atoms with Crippen molar-refractivity contribution < 1.29 is 4.74 Å². The maximum Gasteiger partial charge on any atom is 0.0858 e. The van der Waals surface area contributed by atoms with Crippen LogP contribution in [0.3, 0.4) is 0 Å². The summed E-state index contributed by atoms with van der Waals surface area (Å²) >= 11 is 0. The molecule has 1 fully saturated rings. The van der Waals surface area contributed by atoms with Crippen molar-refractivity contribution in [1.82, 2.24) is 15.1 Å². The molecule has 0 unspecified atom stereocenters. The number of hydrogen-bond donors (Lipinski definition) is 1. The second-order valence-electron chi connectivity index (χ2n) is 6.34. The summed E-state index contributed by atoms with van der Waals surface area (Å²) in [6.45, 7) is 3.85. The molecule has 0 saturated carbocycles. The number of H-pyrrole nitrogens is 1. The SMILES string of the molecule is C1=NC(c2ccc3cn[nH]c3c2)=CN(CCC2CCOCC2)C1. The third kappa shape index (κ3) is 3.29. The highest BCUT2D eigenvalue weighted by Gasteiger charge is 2.16. The van der Waals surface area contributed by atoms with Gasteiger partial charge < -0.3 is 9.64 Å². The molecule has 3 heterocycles. The van der Waals surface area contributed by atoms with E-state index in [1.54, 1.807) is 0 Å². The van der Waals surface area contributed by atoms with Gasteiger partial charge in [0.15, 0.2) is 0 Å². The zero-order chi connectivity index (χ0) is 15.5. The highest BCUT2D eigenvalue weighted by atomic mass is 16.5. The summed E-state index contributed by atoms with van der Waals surface area (Å²) in [5.41, 5.74) is 3.21. The highest BCUT2D eigenvalue weighted by molar-refractivity contribution is 5.84. The van der Waals surface area contributed by atoms with E-state index >= 15 is 0 Å². The van der Waals surface area contributed by atoms with Gasteiger partial charge in [-0.15, -0.1) is 0 Å². The zero-order valence-corrected chi connectivity index (χ0v) is 13.2. The Morgan fingerprint density at radius 1 is 1.26 bits per heavy atom. The maximum atomic E-state index is 5.44. The molecule has 0 amide bonds. The lowest BCUT2D eigenvalue weighted by molar-refractivity contribution is 0.0620. The van der Waals surface area contributed by atoms with Crippen molar-refractivity contribution in [3.05, 3.63) is 36.2 Å². The largest absolute Gasteiger partial charge is 0.381 e. The average molecular weight is 310 g/mol. The minimum atomic E-state index is 0.806. The molecule has 1 aromatic carbocycles. The van der Waals surface area contributed by atoms with Crippen LogP contribution >= 0.6 is 0 Å². The van der Waals surface area contributed by atoms with Gasteiger partial charge in [0.2, 0.25) is 0 Å². The fraction of sp³-hybridized carbons (Fsp3) is 0.444. The highest BCUT2D eigenvalue weighted by Crippen LogP contribution is 2.24. The third-order valence-electron chi connectivity index (χ3n) is 4.75. The molecule has 5 heteroatoms. The minimum absolute atomic E-state index is 0.806. The molecule has 23 heavy (non-hydrogen) atoms. The molecule has 2 aliphatic rings. The monoisotopic (exact) mass is 310 g/mol. The Labute approximate surface area is 136 Å². The minimum Gasteiger partial charge on any atom is -0.381 e. The topological polar surface area (TPSA) is 53.5 Å². The van der Waals surface area contributed by atoms with E-state index in [2.05, 4.69) is 44.5 Å². The quantitative estimate of drug-likeness (QED) is 0.944. The van der Waals surface area contributed by atoms with Crippen LogP contribution < -0.4 is 0 Å². The Balaban J connectivity index is 1.45. The molecule has 1 saturated heterocycles. The van der Waals surface area contributed by atoms with Gasteiger partial charge in [-0.2, -0.15) is 5.10 Å². The van der Waals surface area contributed by atoms with E-state index in [1.165, 1.54) is 19.3 Å². The van der Waals surface area contributed by atoms with Crippen molar-refractivity contribution in [3.63, 3.8) is 0 Å². The second-order valence-corrected chi connectivity index (χ2v) is 6.34. The first-order valence-electron chi connectivity index (χ1n) is 8.38. The Bertz CT molecular complexity index is 727. The summed E-state index contributed by atoms with van der Waals surface area (Å²) in [6, 6.07) is 6.32. The van der Waals surface area contributed by atoms with E-state index in [-0.39, 0.29) is 0 Å². The number of aromatic nitrogens is 2. The summed E-state index contributed by atoms with van der Waals surface area (Å²) in [6.07, 6.45) is 9.69. The lowest BCUT2D eigenvalue weighted by Crippen LogP contribution is -2.27. The second kappa shape index (κ2) is 6.54. The summed E-state index contributed by atoms with van der Waals surface area (Å²) in [7, 11) is 0. The molecule has 4 rings (SSSR count). The molecule has 2 aliphatic heterocycles. The first-order chi connectivity index (χ1) is 11.4. The van der Waals surface area contributed by atoms with Crippen LogP contribution in [0.4, 0.5) is 0 Å². The van der Waals surface area contributed by atoms with Gasteiger partial charge in [-0.05, 0) is 31.2 Å². The molecule has 5 nitrogen and oxygen atoms in total. The number of ether oxygens (including phenoxy) is 1. The molecular weight excluding hydrogens is 288 g/mol. The van der Waals surface area contributed by atoms with Gasteiger partial charge in [0.1, 0.15) is 0 Å². The summed E-state index contributed by atoms with van der Waals surface area (Å²) < 4.78 is 5.44. The molecule has 0 bridgehead atoms. The van der Waals surface area contributed by atoms with Crippen molar-refractivity contribution in [2.24, 2.45) is 10.9 Å². The summed E-state index contributed by atoms with van der Waals surface area (Å²) in [5.74, 6) is 0.806. The van der Waals surface area contributed by atoms with Crippen LogP contribution in [0, 0.1) is 5.92 Å². The van der Waals surface area contributed by atoms with Crippen LogP contribution in [0.25, 0.3) is 16.6 Å². The number of hydrogen-bond acceptors (Lipinski definition) is 4. The number of nitrogens with zero attached hydrogens (tertiary/aromatic N) is 3. The number of benzene rings is 1. The number of fused-ring (bicyclic) bond motifs is 1. The van der Waals surface area contributed by atoms with Crippen LogP contribution in [-0.4, -0.2) is 47.6 Å². The van der Waals surface area contributed by atoms with E-state index in [0.717, 1.165) is 54.4 Å². The molecule has 0 radical (unpaired) electrons. The maximum absolute atomic E-state index is 5.44. The molecule has 0 aliphatic carbocycles. The number of aromatic amines is 1. The predicted octanol–water partition coefficient (Wildman–Crippen LogP) is 3.06. The van der Waals surface area contributed by atoms with Crippen LogP contribution in [0.5, 0.6) is 0 Å². The fourth-order valence-corrected chi connectivity index (χ4v) is 3.29. The lowest BCUT2D eigenvalue weighted by atomic mass is 9.96. The summed E-state index contributed by atoms with van der Waals surface area (Å²) in [4.78, 5) is 6.95. The Hall–Kier alpha value is -2.14. The smallest absolute Gasteiger partial charge is 0.0858 e. The number of nitrogens with one attached hydrogen (secondary N) is 1. The first-order valence-corrected chi connectivity index (χ1v) is 8.38. The van der Waals surface area contributed by atoms with Crippen LogP contribution in [-0.2, 0) is 4.74 Å². The van der Waals surface area contributed by atoms with Gasteiger partial charge in [0, 0.05) is 43.1 Å². The van der Waals surface area contributed by atoms with Crippen LogP contribution in [0.1, 0.15) is 24.8 Å². The number of rotatable bonds is 4. The van der Waals surface area contributed by atoms with Crippen LogP contribution in [0.15, 0.2) is 35.6 Å². The standard InChI is InChI=1S/C18H22N4O/c1-2-16-12-20-21-17(16)11-15(1)18-13-22(8-6-19-18)7-3-14-4-9-23-10-5-14/h1-2,6,11-14H,3-5,7-10H2,(H,20,21). The molecule has 2 aromatic rings. The lowest BCUT2D eigenvalue weighted by Gasteiger charge is -2.27. The van der Waals surface area contributed by atoms with Crippen molar-refractivity contribution in [3.8, 4) is 0 Å². The Morgan fingerprint density at radius 3 is 3.09 bits per heavy atom. The third-order valence-corrected chi connectivity index (χ3v) is 4.75. The van der Waals surface area contributed by atoms with Crippen molar-refractivity contribution >= 4 is 22.8 Å². The van der Waals surface area contributed by atoms with Gasteiger partial charge in [-0.1, -0.05) is 12.1 Å².